The number of hydrogen-bond acceptors (Lipinski definition) is 2. The first kappa shape index (κ1) is 22.4. The summed E-state index contributed by atoms with van der Waals surface area (Å²) in [6.45, 7) is 4.59. The molecule has 2 aliphatic rings. The first-order valence-electron chi connectivity index (χ1n) is 11.2. The molecule has 0 aliphatic heterocycles. The monoisotopic (exact) mass is 411 g/mol. The molecule has 0 radical (unpaired) electrons. The lowest BCUT2D eigenvalue weighted by Crippen LogP contribution is -2.44. The second-order valence-electron chi connectivity index (χ2n) is 10.1. The van der Waals surface area contributed by atoms with Crippen LogP contribution in [0, 0.1) is 5.41 Å². The van der Waals surface area contributed by atoms with Crippen LogP contribution < -0.4 is 5.73 Å². The summed E-state index contributed by atoms with van der Waals surface area (Å²) in [5, 5.41) is 0. The molecule has 2 N–H and O–H groups in total. The van der Waals surface area contributed by atoms with Gasteiger partial charge in [-0.25, -0.2) is 4.79 Å². The minimum atomic E-state index is -0.352. The Bertz CT molecular complexity index is 833. The fraction of sp³-hybridized carbons (Fsp3) is 0.600. The molecule has 1 aromatic carbocycles. The van der Waals surface area contributed by atoms with E-state index < -0.39 is 0 Å². The lowest BCUT2D eigenvalue weighted by atomic mass is 9.75. The number of hydrogen-bond donors (Lipinski definition) is 1. The van der Waals surface area contributed by atoms with Crippen molar-refractivity contribution in [3.8, 4) is 0 Å². The fourth-order valence-electron chi connectivity index (χ4n) is 4.89. The van der Waals surface area contributed by atoms with E-state index in [-0.39, 0.29) is 11.9 Å². The lowest BCUT2D eigenvalue weighted by molar-refractivity contribution is 0.1000. The second-order valence-corrected chi connectivity index (χ2v) is 10.1. The van der Waals surface area contributed by atoms with E-state index in [1.807, 2.05) is 18.0 Å². The van der Waals surface area contributed by atoms with Crippen molar-refractivity contribution < 1.29 is 9.59 Å². The minimum Gasteiger partial charge on any atom is -0.366 e. The van der Waals surface area contributed by atoms with Crippen molar-refractivity contribution in [1.82, 2.24) is 9.80 Å². The number of benzene rings is 1. The highest BCUT2D eigenvalue weighted by atomic mass is 16.2. The van der Waals surface area contributed by atoms with Gasteiger partial charge in [0.25, 0.3) is 0 Å². The molecule has 5 nitrogen and oxygen atoms in total. The van der Waals surface area contributed by atoms with Gasteiger partial charge in [-0.1, -0.05) is 32.1 Å². The van der Waals surface area contributed by atoms with E-state index >= 15 is 0 Å². The van der Waals surface area contributed by atoms with Gasteiger partial charge in [0.2, 0.25) is 5.91 Å². The highest BCUT2D eigenvalue weighted by Gasteiger charge is 2.29. The highest BCUT2D eigenvalue weighted by molar-refractivity contribution is 5.98. The van der Waals surface area contributed by atoms with Gasteiger partial charge in [0.15, 0.2) is 0 Å². The molecule has 0 spiro atoms. The number of primary amides is 1. The van der Waals surface area contributed by atoms with Gasteiger partial charge in [0, 0.05) is 32.7 Å². The van der Waals surface area contributed by atoms with Gasteiger partial charge in [0.1, 0.15) is 0 Å². The molecule has 1 aromatic rings. The summed E-state index contributed by atoms with van der Waals surface area (Å²) in [5.41, 5.74) is 10.2. The summed E-state index contributed by atoms with van der Waals surface area (Å²) in [6, 6.07) is 6.57. The largest absolute Gasteiger partial charge is 0.366 e. The van der Waals surface area contributed by atoms with Crippen LogP contribution in [0.4, 0.5) is 4.79 Å². The summed E-state index contributed by atoms with van der Waals surface area (Å²) in [4.78, 5) is 27.9. The molecule has 0 heterocycles. The van der Waals surface area contributed by atoms with E-state index in [2.05, 4.69) is 32.1 Å². The number of nitrogens with two attached hydrogens (primary N) is 1. The Morgan fingerprint density at radius 3 is 2.27 bits per heavy atom. The van der Waals surface area contributed by atoms with Crippen LogP contribution in [-0.2, 0) is 0 Å². The molecule has 5 heteroatoms. The number of carbonyl (C=O) groups is 2. The fourth-order valence-corrected chi connectivity index (χ4v) is 4.89. The zero-order valence-electron chi connectivity index (χ0n) is 19.2. The molecule has 3 amide bonds. The lowest BCUT2D eigenvalue weighted by Gasteiger charge is -2.36. The number of urea groups is 1. The summed E-state index contributed by atoms with van der Waals surface area (Å²) < 4.78 is 0. The van der Waals surface area contributed by atoms with Crippen molar-refractivity contribution in [2.45, 2.75) is 70.8 Å². The van der Waals surface area contributed by atoms with Crippen LogP contribution in [0.3, 0.4) is 0 Å². The Morgan fingerprint density at radius 1 is 1.07 bits per heavy atom. The number of carbonyl (C=O) groups excluding carboxylic acids is 2. The Labute approximate surface area is 181 Å². The number of rotatable bonds is 4. The van der Waals surface area contributed by atoms with Gasteiger partial charge >= 0.3 is 6.03 Å². The van der Waals surface area contributed by atoms with Crippen LogP contribution in [0.15, 0.2) is 24.3 Å². The molecule has 1 saturated carbocycles. The van der Waals surface area contributed by atoms with E-state index in [9.17, 15) is 9.59 Å². The number of allylic oxidation sites excluding steroid dienone is 2. The molecule has 164 valence electrons. The molecule has 0 aromatic heterocycles. The maximum Gasteiger partial charge on any atom is 0.319 e. The number of nitrogens with zero attached hydrogens (tertiary/aromatic N) is 2. The van der Waals surface area contributed by atoms with Gasteiger partial charge in [-0.2, -0.15) is 0 Å². The third-order valence-corrected chi connectivity index (χ3v) is 7.03. The maximum atomic E-state index is 12.3. The number of amides is 3. The van der Waals surface area contributed by atoms with Crippen LogP contribution in [0.5, 0.6) is 0 Å². The first-order chi connectivity index (χ1) is 14.1. The Balaban J connectivity index is 1.77. The Morgan fingerprint density at radius 2 is 1.73 bits per heavy atom. The van der Waals surface area contributed by atoms with Crippen molar-refractivity contribution in [1.29, 1.82) is 0 Å². The van der Waals surface area contributed by atoms with Crippen LogP contribution in [0.1, 0.15) is 86.2 Å². The second kappa shape index (κ2) is 8.83. The van der Waals surface area contributed by atoms with E-state index in [1.54, 1.807) is 19.0 Å². The van der Waals surface area contributed by atoms with Crippen molar-refractivity contribution in [3.63, 3.8) is 0 Å². The van der Waals surface area contributed by atoms with Crippen LogP contribution >= 0.6 is 0 Å². The summed E-state index contributed by atoms with van der Waals surface area (Å²) in [7, 11) is 5.50. The molecule has 0 unspecified atom stereocenters. The molecule has 0 atom stereocenters. The summed E-state index contributed by atoms with van der Waals surface area (Å²) in [5.74, 6) is 0.111. The highest BCUT2D eigenvalue weighted by Crippen LogP contribution is 2.41. The zero-order chi connectivity index (χ0) is 22.1. The molecular formula is C25H37N3O2. The quantitative estimate of drug-likeness (QED) is 0.756. The molecule has 0 saturated heterocycles. The van der Waals surface area contributed by atoms with Gasteiger partial charge in [-0.3, -0.25) is 4.79 Å². The van der Waals surface area contributed by atoms with Crippen LogP contribution in [0.2, 0.25) is 0 Å². The molecule has 1 fully saturated rings. The predicted octanol–water partition coefficient (Wildman–Crippen LogP) is 5.02. The molecule has 0 bridgehead atoms. The molecule has 2 aliphatic carbocycles. The summed E-state index contributed by atoms with van der Waals surface area (Å²) >= 11 is 0. The van der Waals surface area contributed by atoms with E-state index in [1.165, 1.54) is 11.1 Å². The van der Waals surface area contributed by atoms with Gasteiger partial charge in [-0.15, -0.1) is 0 Å². The Kier molecular flexibility index (Phi) is 6.59. The van der Waals surface area contributed by atoms with Crippen molar-refractivity contribution in [3.05, 3.63) is 41.0 Å². The van der Waals surface area contributed by atoms with Crippen molar-refractivity contribution >= 4 is 17.5 Å². The van der Waals surface area contributed by atoms with Crippen molar-refractivity contribution in [2.24, 2.45) is 11.1 Å². The third kappa shape index (κ3) is 4.88. The van der Waals surface area contributed by atoms with E-state index in [4.69, 9.17) is 5.73 Å². The Hall–Kier alpha value is -2.30. The van der Waals surface area contributed by atoms with Gasteiger partial charge < -0.3 is 15.5 Å². The van der Waals surface area contributed by atoms with Crippen molar-refractivity contribution in [2.75, 3.05) is 21.1 Å². The zero-order valence-corrected chi connectivity index (χ0v) is 19.2. The normalized spacial score (nSPS) is 23.4. The van der Waals surface area contributed by atoms with E-state index in [0.29, 0.717) is 22.9 Å². The minimum absolute atomic E-state index is 0.0682. The predicted molar refractivity (Wildman–Crippen MR) is 122 cm³/mol. The van der Waals surface area contributed by atoms with Gasteiger partial charge in [-0.05, 0) is 79.0 Å². The third-order valence-electron chi connectivity index (χ3n) is 7.03. The summed E-state index contributed by atoms with van der Waals surface area (Å²) in [6.07, 6.45) is 9.55. The molecule has 3 rings (SSSR count). The molecular weight excluding hydrogens is 374 g/mol. The van der Waals surface area contributed by atoms with Gasteiger partial charge in [0.05, 0.1) is 0 Å². The van der Waals surface area contributed by atoms with E-state index in [0.717, 1.165) is 50.5 Å². The SMILES string of the molecule is CN(C)C(=O)N(C)C1CCC(c2ccc(C(N)=O)c(C3=CCC(C)(C)CC3)c2)CC1. The van der Waals surface area contributed by atoms with Crippen LogP contribution in [-0.4, -0.2) is 48.9 Å². The first-order valence-corrected chi connectivity index (χ1v) is 11.2. The topological polar surface area (TPSA) is 66.6 Å². The van der Waals surface area contributed by atoms with Crippen LogP contribution in [0.25, 0.3) is 5.57 Å². The smallest absolute Gasteiger partial charge is 0.319 e. The molecule has 30 heavy (non-hydrogen) atoms. The average molecular weight is 412 g/mol. The maximum absolute atomic E-state index is 12.3. The standard InChI is InChI=1S/C25H37N3O2/c1-25(2)14-12-18(13-15-25)22-16-19(8-11-21(22)23(26)29)17-6-9-20(10-7-17)28(5)24(30)27(3)4/h8,11-12,16-17,20H,6-7,9-10,13-15H2,1-5H3,(H2,26,29). The average Bonchev–Trinajstić information content (AvgIpc) is 2.72.